The van der Waals surface area contributed by atoms with Gasteiger partial charge in [-0.15, -0.1) is 22.9 Å². The molecule has 1 nitrogen and oxygen atoms in total. The molecule has 0 spiro atoms. The Labute approximate surface area is 116 Å². The molecule has 0 N–H and O–H groups in total. The molecule has 1 atom stereocenters. The van der Waals surface area contributed by atoms with E-state index < -0.39 is 5.38 Å². The maximum absolute atomic E-state index is 13.8. The second kappa shape index (κ2) is 5.38. The Kier molecular flexibility index (Phi) is 4.07. The Hall–Kier alpha value is -0.580. The van der Waals surface area contributed by atoms with Crippen LogP contribution >= 0.6 is 38.9 Å². The molecule has 1 heterocycles. The molecule has 0 aliphatic heterocycles. The van der Waals surface area contributed by atoms with E-state index in [0.29, 0.717) is 11.3 Å². The van der Waals surface area contributed by atoms with Crippen molar-refractivity contribution >= 4 is 38.9 Å². The van der Waals surface area contributed by atoms with Crippen molar-refractivity contribution in [3.63, 3.8) is 0 Å². The minimum Gasteiger partial charge on any atom is -0.496 e. The number of thiophene rings is 1. The summed E-state index contributed by atoms with van der Waals surface area (Å²) in [6.07, 6.45) is 0. The largest absolute Gasteiger partial charge is 0.496 e. The average molecular weight is 336 g/mol. The highest BCUT2D eigenvalue weighted by atomic mass is 79.9. The van der Waals surface area contributed by atoms with Gasteiger partial charge >= 0.3 is 0 Å². The van der Waals surface area contributed by atoms with Crippen LogP contribution in [0.5, 0.6) is 5.75 Å². The van der Waals surface area contributed by atoms with Crippen LogP contribution in [0, 0.1) is 5.82 Å². The van der Waals surface area contributed by atoms with E-state index in [9.17, 15) is 4.39 Å². The minimum absolute atomic E-state index is 0.353. The molecule has 1 aromatic heterocycles. The maximum atomic E-state index is 13.8. The van der Waals surface area contributed by atoms with Gasteiger partial charge in [-0.25, -0.2) is 4.39 Å². The highest BCUT2D eigenvalue weighted by Gasteiger charge is 2.21. The normalized spacial score (nSPS) is 12.5. The molecule has 0 saturated heterocycles. The number of benzene rings is 1. The molecule has 0 aliphatic carbocycles. The van der Waals surface area contributed by atoms with E-state index in [1.165, 1.54) is 24.5 Å². The van der Waals surface area contributed by atoms with Crippen LogP contribution in [0.2, 0.25) is 0 Å². The quantitative estimate of drug-likeness (QED) is 0.718. The van der Waals surface area contributed by atoms with Gasteiger partial charge in [0.15, 0.2) is 0 Å². The lowest BCUT2D eigenvalue weighted by molar-refractivity contribution is 0.405. The Bertz CT molecular complexity index is 529. The molecule has 2 aromatic rings. The first kappa shape index (κ1) is 12.9. The first-order chi connectivity index (χ1) is 8.13. The maximum Gasteiger partial charge on any atom is 0.131 e. The summed E-state index contributed by atoms with van der Waals surface area (Å²) < 4.78 is 19.9. The summed E-state index contributed by atoms with van der Waals surface area (Å²) in [5.74, 6) is 0.114. The van der Waals surface area contributed by atoms with Crippen LogP contribution in [-0.4, -0.2) is 7.11 Å². The Morgan fingerprint density at radius 2 is 2.12 bits per heavy atom. The third kappa shape index (κ3) is 2.64. The molecule has 5 heteroatoms. The fourth-order valence-electron chi connectivity index (χ4n) is 1.55. The highest BCUT2D eigenvalue weighted by Crippen LogP contribution is 2.40. The molecule has 0 aliphatic rings. The van der Waals surface area contributed by atoms with Gasteiger partial charge in [0.2, 0.25) is 0 Å². The van der Waals surface area contributed by atoms with Crippen LogP contribution in [0.4, 0.5) is 4.39 Å². The van der Waals surface area contributed by atoms with Crippen molar-refractivity contribution in [2.45, 2.75) is 5.38 Å². The van der Waals surface area contributed by atoms with E-state index in [1.807, 2.05) is 12.1 Å². The number of hydrogen-bond acceptors (Lipinski definition) is 2. The average Bonchev–Trinajstić information content (AvgIpc) is 2.74. The second-order valence-corrected chi connectivity index (χ2v) is 6.29. The van der Waals surface area contributed by atoms with E-state index >= 15 is 0 Å². The van der Waals surface area contributed by atoms with Crippen LogP contribution in [0.1, 0.15) is 15.8 Å². The van der Waals surface area contributed by atoms with Crippen LogP contribution in [0.15, 0.2) is 34.1 Å². The van der Waals surface area contributed by atoms with Gasteiger partial charge in [-0.1, -0.05) is 6.07 Å². The molecule has 1 aromatic carbocycles. The molecule has 90 valence electrons. The zero-order valence-electron chi connectivity index (χ0n) is 8.91. The van der Waals surface area contributed by atoms with Crippen LogP contribution in [-0.2, 0) is 0 Å². The van der Waals surface area contributed by atoms with Gasteiger partial charge in [-0.05, 0) is 40.2 Å². The van der Waals surface area contributed by atoms with E-state index in [2.05, 4.69) is 15.9 Å². The molecule has 0 radical (unpaired) electrons. The summed E-state index contributed by atoms with van der Waals surface area (Å²) >= 11 is 11.1. The molecule has 0 amide bonds. The first-order valence-electron chi connectivity index (χ1n) is 4.85. The fraction of sp³-hybridized carbons (Fsp3) is 0.167. The van der Waals surface area contributed by atoms with Gasteiger partial charge in [0.1, 0.15) is 11.6 Å². The number of alkyl halides is 1. The van der Waals surface area contributed by atoms with Crippen molar-refractivity contribution in [2.75, 3.05) is 7.11 Å². The summed E-state index contributed by atoms with van der Waals surface area (Å²) in [5.41, 5.74) is 0.381. The van der Waals surface area contributed by atoms with Gasteiger partial charge in [-0.2, -0.15) is 0 Å². The summed E-state index contributed by atoms with van der Waals surface area (Å²) in [6.45, 7) is 0. The standard InChI is InChI=1S/C12H9BrClFOS/c1-16-8-4-2-3-7(15)11(8)12(14)9-5-6-10(13)17-9/h2-6,12H,1H3. The number of rotatable bonds is 3. The zero-order chi connectivity index (χ0) is 12.4. The minimum atomic E-state index is -0.539. The van der Waals surface area contributed by atoms with E-state index in [0.717, 1.165) is 8.66 Å². The Balaban J connectivity index is 2.46. The lowest BCUT2D eigenvalue weighted by Crippen LogP contribution is -1.99. The summed E-state index contributed by atoms with van der Waals surface area (Å²) in [7, 11) is 1.51. The van der Waals surface area contributed by atoms with E-state index in [1.54, 1.807) is 12.1 Å². The predicted octanol–water partition coefficient (Wildman–Crippen LogP) is 4.99. The SMILES string of the molecule is COc1cccc(F)c1C(Cl)c1ccc(Br)s1. The molecular weight excluding hydrogens is 327 g/mol. The predicted molar refractivity (Wildman–Crippen MR) is 72.7 cm³/mol. The third-order valence-corrected chi connectivity index (χ3v) is 4.60. The molecular formula is C12H9BrClFOS. The van der Waals surface area contributed by atoms with Crippen molar-refractivity contribution in [3.8, 4) is 5.75 Å². The lowest BCUT2D eigenvalue weighted by atomic mass is 10.1. The third-order valence-electron chi connectivity index (χ3n) is 2.33. The second-order valence-electron chi connectivity index (χ2n) is 3.36. The molecule has 0 saturated carbocycles. The van der Waals surface area contributed by atoms with Gasteiger partial charge in [0.05, 0.1) is 21.8 Å². The lowest BCUT2D eigenvalue weighted by Gasteiger charge is -2.13. The number of halogens is 3. The van der Waals surface area contributed by atoms with Gasteiger partial charge in [0.25, 0.3) is 0 Å². The fourth-order valence-corrected chi connectivity index (χ4v) is 3.38. The van der Waals surface area contributed by atoms with E-state index in [-0.39, 0.29) is 5.82 Å². The number of methoxy groups -OCH3 is 1. The van der Waals surface area contributed by atoms with Crippen LogP contribution < -0.4 is 4.74 Å². The van der Waals surface area contributed by atoms with Crippen molar-refractivity contribution in [1.82, 2.24) is 0 Å². The summed E-state index contributed by atoms with van der Waals surface area (Å²) in [4.78, 5) is 0.877. The van der Waals surface area contributed by atoms with Gasteiger partial charge in [-0.3, -0.25) is 0 Å². The smallest absolute Gasteiger partial charge is 0.131 e. The van der Waals surface area contributed by atoms with Crippen molar-refractivity contribution in [2.24, 2.45) is 0 Å². The highest BCUT2D eigenvalue weighted by molar-refractivity contribution is 9.11. The number of ether oxygens (including phenoxy) is 1. The molecule has 17 heavy (non-hydrogen) atoms. The number of hydrogen-bond donors (Lipinski definition) is 0. The van der Waals surface area contributed by atoms with Gasteiger partial charge in [0, 0.05) is 4.88 Å². The van der Waals surface area contributed by atoms with Crippen LogP contribution in [0.3, 0.4) is 0 Å². The zero-order valence-corrected chi connectivity index (χ0v) is 12.1. The van der Waals surface area contributed by atoms with Crippen LogP contribution in [0.25, 0.3) is 0 Å². The topological polar surface area (TPSA) is 9.23 Å². The van der Waals surface area contributed by atoms with Gasteiger partial charge < -0.3 is 4.74 Å². The van der Waals surface area contributed by atoms with E-state index in [4.69, 9.17) is 16.3 Å². The molecule has 0 fully saturated rings. The molecule has 0 bridgehead atoms. The monoisotopic (exact) mass is 334 g/mol. The Morgan fingerprint density at radius 1 is 1.35 bits per heavy atom. The van der Waals surface area contributed by atoms with Crippen molar-refractivity contribution in [1.29, 1.82) is 0 Å². The molecule has 2 rings (SSSR count). The summed E-state index contributed by atoms with van der Waals surface area (Å²) in [6, 6.07) is 8.46. The van der Waals surface area contributed by atoms with Crippen molar-refractivity contribution in [3.05, 3.63) is 50.4 Å². The summed E-state index contributed by atoms with van der Waals surface area (Å²) in [5, 5.41) is -0.539. The first-order valence-corrected chi connectivity index (χ1v) is 6.89. The molecule has 1 unspecified atom stereocenters. The Morgan fingerprint density at radius 3 is 2.71 bits per heavy atom. The van der Waals surface area contributed by atoms with Crippen molar-refractivity contribution < 1.29 is 9.13 Å².